The van der Waals surface area contributed by atoms with Crippen molar-refractivity contribution < 1.29 is 17.3 Å². The fraction of sp³-hybridized carbons (Fsp3) is 0.200. The Morgan fingerprint density at radius 2 is 1.62 bits per heavy atom. The summed E-state index contributed by atoms with van der Waals surface area (Å²) in [7, 11) is -3.74. The Morgan fingerprint density at radius 3 is 2.35 bits per heavy atom. The van der Waals surface area contributed by atoms with Gasteiger partial charge < -0.3 is 4.74 Å². The summed E-state index contributed by atoms with van der Waals surface area (Å²) < 4.78 is 34.8. The summed E-state index contributed by atoms with van der Waals surface area (Å²) in [5.74, 6) is 0. The van der Waals surface area contributed by atoms with E-state index in [9.17, 15) is 8.42 Å². The van der Waals surface area contributed by atoms with Gasteiger partial charge in [-0.25, -0.2) is 0 Å². The lowest BCUT2D eigenvalue weighted by atomic mass is 10.1. The zero-order valence-electron chi connectivity index (χ0n) is 14.4. The molecule has 2 aromatic carbocycles. The van der Waals surface area contributed by atoms with Crippen LogP contribution < -0.4 is 4.74 Å². The van der Waals surface area contributed by atoms with Crippen LogP contribution in [0.15, 0.2) is 71.6 Å². The topological polar surface area (TPSA) is 52.6 Å². The molecule has 0 saturated carbocycles. The van der Waals surface area contributed by atoms with Gasteiger partial charge in [-0.3, -0.25) is 4.18 Å². The van der Waals surface area contributed by atoms with Gasteiger partial charge in [0.1, 0.15) is 13.2 Å². The lowest BCUT2D eigenvalue weighted by Crippen LogP contribution is -2.12. The summed E-state index contributed by atoms with van der Waals surface area (Å²) in [6.07, 6.45) is 0.854. The third kappa shape index (κ3) is 5.17. The molecule has 1 heterocycles. The summed E-state index contributed by atoms with van der Waals surface area (Å²) in [5, 5.41) is 0.757. The molecule has 26 heavy (non-hydrogen) atoms. The Labute approximate surface area is 158 Å². The second kappa shape index (κ2) is 8.49. The van der Waals surface area contributed by atoms with Crippen molar-refractivity contribution >= 4 is 21.5 Å². The molecule has 1 aromatic heterocycles. The van der Waals surface area contributed by atoms with Crippen LogP contribution >= 0.6 is 11.3 Å². The van der Waals surface area contributed by atoms with Crippen LogP contribution in [0.4, 0.5) is 0 Å². The predicted octanol–water partition coefficient (Wildman–Crippen LogP) is 4.43. The molecule has 0 aliphatic heterocycles. The molecule has 0 aliphatic rings. The fourth-order valence-corrected chi connectivity index (χ4v) is 4.19. The Kier molecular flexibility index (Phi) is 6.08. The molecule has 0 atom stereocenters. The molecular formula is C20H20O4S2. The molecule has 4 nitrogen and oxygen atoms in total. The van der Waals surface area contributed by atoms with Crippen molar-refractivity contribution in [1.82, 2.24) is 0 Å². The van der Waals surface area contributed by atoms with E-state index in [1.165, 1.54) is 10.4 Å². The average molecular weight is 389 g/mol. The van der Waals surface area contributed by atoms with E-state index < -0.39 is 10.1 Å². The highest BCUT2D eigenvalue weighted by Crippen LogP contribution is 2.26. The maximum atomic E-state index is 12.1. The van der Waals surface area contributed by atoms with E-state index in [2.05, 4.69) is 12.1 Å². The van der Waals surface area contributed by atoms with Crippen LogP contribution in [0.25, 0.3) is 0 Å². The summed E-state index contributed by atoms with van der Waals surface area (Å²) in [5.41, 5.74) is 2.24. The molecule has 0 saturated heterocycles. The smallest absolute Gasteiger partial charge is 0.297 e. The normalized spacial score (nSPS) is 11.4. The van der Waals surface area contributed by atoms with E-state index in [-0.39, 0.29) is 18.1 Å². The molecule has 0 amide bonds. The first-order valence-corrected chi connectivity index (χ1v) is 10.5. The van der Waals surface area contributed by atoms with Crippen LogP contribution in [0, 0.1) is 6.92 Å². The summed E-state index contributed by atoms with van der Waals surface area (Å²) in [4.78, 5) is 1.35. The number of hydrogen-bond acceptors (Lipinski definition) is 5. The van der Waals surface area contributed by atoms with Crippen LogP contribution in [-0.2, 0) is 20.7 Å². The van der Waals surface area contributed by atoms with Crippen LogP contribution in [0.3, 0.4) is 0 Å². The number of ether oxygens (including phenoxy) is 1. The van der Waals surface area contributed by atoms with Gasteiger partial charge in [-0.1, -0.05) is 48.0 Å². The molecule has 136 valence electrons. The van der Waals surface area contributed by atoms with Crippen molar-refractivity contribution in [2.45, 2.75) is 18.2 Å². The molecule has 0 bridgehead atoms. The van der Waals surface area contributed by atoms with E-state index in [0.717, 1.165) is 17.0 Å². The van der Waals surface area contributed by atoms with Gasteiger partial charge in [0, 0.05) is 11.3 Å². The van der Waals surface area contributed by atoms with Gasteiger partial charge in [0.15, 0.2) is 5.06 Å². The summed E-state index contributed by atoms with van der Waals surface area (Å²) in [6.45, 7) is 2.05. The largest absolute Gasteiger partial charge is 0.482 e. The minimum Gasteiger partial charge on any atom is -0.482 e. The lowest BCUT2D eigenvalue weighted by molar-refractivity contribution is 0.225. The number of aryl methyl sites for hydroxylation is 1. The molecule has 0 N–H and O–H groups in total. The van der Waals surface area contributed by atoms with Gasteiger partial charge >= 0.3 is 0 Å². The van der Waals surface area contributed by atoms with Gasteiger partial charge in [0.05, 0.1) is 4.90 Å². The first-order valence-electron chi connectivity index (χ1n) is 8.24. The van der Waals surface area contributed by atoms with E-state index in [1.54, 1.807) is 35.6 Å². The van der Waals surface area contributed by atoms with E-state index in [1.807, 2.05) is 37.3 Å². The third-order valence-corrected chi connectivity index (χ3v) is 6.06. The van der Waals surface area contributed by atoms with E-state index in [4.69, 9.17) is 8.92 Å². The van der Waals surface area contributed by atoms with Crippen molar-refractivity contribution in [1.29, 1.82) is 0 Å². The van der Waals surface area contributed by atoms with Crippen molar-refractivity contribution in [2.24, 2.45) is 0 Å². The standard InChI is InChI=1S/C20H20O4S2/c1-16-7-10-19(11-8-16)26(21,22)24-14-13-23-20-12-9-18(25-20)15-17-5-3-2-4-6-17/h2-12H,13-15H2,1H3. The van der Waals surface area contributed by atoms with Gasteiger partial charge in [-0.05, 0) is 36.8 Å². The maximum Gasteiger partial charge on any atom is 0.297 e. The van der Waals surface area contributed by atoms with Crippen LogP contribution in [0.2, 0.25) is 0 Å². The molecule has 3 aromatic rings. The van der Waals surface area contributed by atoms with Gasteiger partial charge in [-0.2, -0.15) is 8.42 Å². The average Bonchev–Trinajstić information content (AvgIpc) is 3.07. The Morgan fingerprint density at radius 1 is 0.885 bits per heavy atom. The SMILES string of the molecule is Cc1ccc(S(=O)(=O)OCCOc2ccc(Cc3ccccc3)s2)cc1. The van der Waals surface area contributed by atoms with Crippen molar-refractivity contribution in [3.8, 4) is 5.06 Å². The molecule has 0 unspecified atom stereocenters. The van der Waals surface area contributed by atoms with Gasteiger partial charge in [0.2, 0.25) is 0 Å². The fourth-order valence-electron chi connectivity index (χ4n) is 2.39. The molecule has 0 radical (unpaired) electrons. The van der Waals surface area contributed by atoms with Crippen molar-refractivity contribution in [3.05, 3.63) is 82.7 Å². The number of thiophene rings is 1. The summed E-state index contributed by atoms with van der Waals surface area (Å²) >= 11 is 1.56. The number of hydrogen-bond donors (Lipinski definition) is 0. The molecule has 3 rings (SSSR count). The minimum atomic E-state index is -3.74. The second-order valence-corrected chi connectivity index (χ2v) is 8.57. The first kappa shape index (κ1) is 18.6. The van der Waals surface area contributed by atoms with Crippen LogP contribution in [0.1, 0.15) is 16.0 Å². The van der Waals surface area contributed by atoms with Crippen molar-refractivity contribution in [2.75, 3.05) is 13.2 Å². The minimum absolute atomic E-state index is 0.0257. The highest BCUT2D eigenvalue weighted by molar-refractivity contribution is 7.86. The van der Waals surface area contributed by atoms with Gasteiger partial charge in [0.25, 0.3) is 10.1 Å². The molecule has 0 aliphatic carbocycles. The van der Waals surface area contributed by atoms with E-state index >= 15 is 0 Å². The molecule has 0 spiro atoms. The zero-order valence-corrected chi connectivity index (χ0v) is 16.1. The maximum absolute atomic E-state index is 12.1. The van der Waals surface area contributed by atoms with Crippen LogP contribution in [0.5, 0.6) is 5.06 Å². The third-order valence-electron chi connectivity index (χ3n) is 3.73. The monoisotopic (exact) mass is 388 g/mol. The first-order chi connectivity index (χ1) is 12.5. The molecule has 6 heteroatoms. The lowest BCUT2D eigenvalue weighted by Gasteiger charge is -2.06. The zero-order chi connectivity index (χ0) is 18.4. The highest BCUT2D eigenvalue weighted by atomic mass is 32.2. The number of rotatable bonds is 8. The second-order valence-electron chi connectivity index (χ2n) is 5.82. The quantitative estimate of drug-likeness (QED) is 0.423. The Hall–Kier alpha value is -2.15. The Balaban J connectivity index is 1.47. The van der Waals surface area contributed by atoms with Crippen LogP contribution in [-0.4, -0.2) is 21.6 Å². The summed E-state index contributed by atoms with van der Waals surface area (Å²) in [6, 6.07) is 20.7. The predicted molar refractivity (Wildman–Crippen MR) is 103 cm³/mol. The molecular weight excluding hydrogens is 368 g/mol. The molecule has 0 fully saturated rings. The van der Waals surface area contributed by atoms with Crippen molar-refractivity contribution in [3.63, 3.8) is 0 Å². The number of benzene rings is 2. The van der Waals surface area contributed by atoms with Gasteiger partial charge in [-0.15, -0.1) is 11.3 Å². The highest BCUT2D eigenvalue weighted by Gasteiger charge is 2.14. The Bertz CT molecular complexity index is 929. The van der Waals surface area contributed by atoms with E-state index in [0.29, 0.717) is 0 Å².